The fraction of sp³-hybridized carbons (Fsp3) is 0.500. The second kappa shape index (κ2) is 4.71. The Hall–Kier alpha value is -1.39. The van der Waals surface area contributed by atoms with Crippen LogP contribution in [-0.2, 0) is 13.0 Å². The van der Waals surface area contributed by atoms with Crippen molar-refractivity contribution >= 4 is 5.91 Å². The monoisotopic (exact) mass is 246 g/mol. The Morgan fingerprint density at radius 1 is 1.33 bits per heavy atom. The van der Waals surface area contributed by atoms with Gasteiger partial charge in [-0.3, -0.25) is 14.9 Å². The van der Waals surface area contributed by atoms with Crippen molar-refractivity contribution in [3.8, 4) is 0 Å². The number of carbonyl (C=O) groups is 1. The zero-order chi connectivity index (χ0) is 12.5. The number of carbonyl (C=O) groups excluding carboxylic acids is 1. The van der Waals surface area contributed by atoms with Gasteiger partial charge in [0.05, 0.1) is 0 Å². The number of amides is 1. The number of piperidine rings is 1. The molecule has 0 aliphatic carbocycles. The third-order valence-electron chi connectivity index (χ3n) is 4.15. The molecule has 1 aromatic carbocycles. The van der Waals surface area contributed by atoms with Crippen LogP contribution < -0.4 is 5.48 Å². The summed E-state index contributed by atoms with van der Waals surface area (Å²) in [6, 6.07) is 6.42. The highest BCUT2D eigenvalue weighted by atomic mass is 16.5. The van der Waals surface area contributed by atoms with Crippen molar-refractivity contribution in [3.05, 3.63) is 34.9 Å². The summed E-state index contributed by atoms with van der Waals surface area (Å²) in [5, 5.41) is 8.67. The van der Waals surface area contributed by atoms with Gasteiger partial charge in [0.15, 0.2) is 0 Å². The second-order valence-corrected chi connectivity index (χ2v) is 5.25. The molecule has 1 aromatic rings. The van der Waals surface area contributed by atoms with Crippen LogP contribution in [0, 0.1) is 0 Å². The number of nitrogens with one attached hydrogen (secondary N) is 1. The van der Waals surface area contributed by atoms with Crippen LogP contribution in [0.3, 0.4) is 0 Å². The molecule has 0 spiro atoms. The summed E-state index contributed by atoms with van der Waals surface area (Å²) in [7, 11) is 0. The van der Waals surface area contributed by atoms with E-state index in [4.69, 9.17) is 5.21 Å². The Labute approximate surface area is 107 Å². The molecule has 1 amide bonds. The van der Waals surface area contributed by atoms with Crippen LogP contribution in [0.4, 0.5) is 0 Å². The van der Waals surface area contributed by atoms with Gasteiger partial charge in [-0.15, -0.1) is 0 Å². The van der Waals surface area contributed by atoms with E-state index in [1.807, 2.05) is 12.1 Å². The lowest BCUT2D eigenvalue weighted by molar-refractivity contribution is 0.0705. The molecule has 2 aliphatic heterocycles. The van der Waals surface area contributed by atoms with Crippen molar-refractivity contribution in [1.29, 1.82) is 0 Å². The van der Waals surface area contributed by atoms with E-state index in [-0.39, 0.29) is 0 Å². The van der Waals surface area contributed by atoms with Crippen LogP contribution in [0.2, 0.25) is 0 Å². The van der Waals surface area contributed by atoms with Gasteiger partial charge in [0, 0.05) is 18.2 Å². The SMILES string of the molecule is O=C(NO)c1ccc2c(c1)CN1CCCC[C@H]1C2. The first-order chi connectivity index (χ1) is 8.78. The first kappa shape index (κ1) is 11.7. The summed E-state index contributed by atoms with van der Waals surface area (Å²) >= 11 is 0. The zero-order valence-corrected chi connectivity index (χ0v) is 10.4. The summed E-state index contributed by atoms with van der Waals surface area (Å²) in [5.74, 6) is -0.432. The fourth-order valence-electron chi connectivity index (χ4n) is 3.15. The molecule has 3 rings (SSSR count). The molecule has 0 unspecified atom stereocenters. The van der Waals surface area contributed by atoms with E-state index in [1.54, 1.807) is 11.5 Å². The van der Waals surface area contributed by atoms with E-state index >= 15 is 0 Å². The lowest BCUT2D eigenvalue weighted by atomic mass is 9.88. The molecular formula is C14H18N2O2. The molecule has 1 fully saturated rings. The number of nitrogens with zero attached hydrogens (tertiary/aromatic N) is 1. The van der Waals surface area contributed by atoms with Gasteiger partial charge in [0.1, 0.15) is 0 Å². The van der Waals surface area contributed by atoms with Gasteiger partial charge >= 0.3 is 0 Å². The molecule has 2 aliphatic rings. The van der Waals surface area contributed by atoms with Gasteiger partial charge < -0.3 is 0 Å². The average molecular weight is 246 g/mol. The van der Waals surface area contributed by atoms with Crippen molar-refractivity contribution in [3.63, 3.8) is 0 Å². The van der Waals surface area contributed by atoms with Gasteiger partial charge in [-0.1, -0.05) is 12.5 Å². The Bertz CT molecular complexity index is 473. The molecule has 0 bridgehead atoms. The summed E-state index contributed by atoms with van der Waals surface area (Å²) in [4.78, 5) is 13.9. The van der Waals surface area contributed by atoms with Gasteiger partial charge in [0.25, 0.3) is 5.91 Å². The first-order valence-corrected chi connectivity index (χ1v) is 6.58. The lowest BCUT2D eigenvalue weighted by Crippen LogP contribution is -2.43. The van der Waals surface area contributed by atoms with E-state index in [1.165, 1.54) is 36.9 Å². The molecule has 4 heteroatoms. The predicted octanol–water partition coefficient (Wildman–Crippen LogP) is 1.72. The topological polar surface area (TPSA) is 52.6 Å². The number of hydroxylamine groups is 1. The smallest absolute Gasteiger partial charge is 0.274 e. The highest BCUT2D eigenvalue weighted by Gasteiger charge is 2.28. The summed E-state index contributed by atoms with van der Waals surface area (Å²) in [5.41, 5.74) is 4.81. The minimum atomic E-state index is -0.432. The average Bonchev–Trinajstić information content (AvgIpc) is 2.43. The van der Waals surface area contributed by atoms with Crippen LogP contribution in [0.15, 0.2) is 18.2 Å². The maximum atomic E-state index is 11.4. The molecule has 4 nitrogen and oxygen atoms in total. The van der Waals surface area contributed by atoms with Crippen molar-refractivity contribution in [2.24, 2.45) is 0 Å². The lowest BCUT2D eigenvalue weighted by Gasteiger charge is -2.40. The Morgan fingerprint density at radius 3 is 3.06 bits per heavy atom. The van der Waals surface area contributed by atoms with Crippen LogP contribution in [-0.4, -0.2) is 28.6 Å². The number of hydrogen-bond donors (Lipinski definition) is 2. The Balaban J connectivity index is 1.88. The second-order valence-electron chi connectivity index (χ2n) is 5.25. The van der Waals surface area contributed by atoms with Gasteiger partial charge in [-0.2, -0.15) is 0 Å². The minimum Gasteiger partial charge on any atom is -0.296 e. The van der Waals surface area contributed by atoms with E-state index in [0.717, 1.165) is 13.0 Å². The third-order valence-corrected chi connectivity index (χ3v) is 4.15. The highest BCUT2D eigenvalue weighted by molar-refractivity contribution is 5.93. The minimum absolute atomic E-state index is 0.432. The summed E-state index contributed by atoms with van der Waals surface area (Å²) in [6.45, 7) is 2.10. The standard InChI is InChI=1S/C14H18N2O2/c17-14(15-18)11-5-4-10-8-13-3-1-2-6-16(13)9-12(10)7-11/h4-5,7,13,18H,1-3,6,8-9H2,(H,15,17)/t13-/m0/s1. The van der Waals surface area contributed by atoms with Crippen LogP contribution in [0.1, 0.15) is 40.7 Å². The molecule has 0 aromatic heterocycles. The van der Waals surface area contributed by atoms with Crippen LogP contribution >= 0.6 is 0 Å². The molecule has 1 atom stereocenters. The molecule has 18 heavy (non-hydrogen) atoms. The van der Waals surface area contributed by atoms with Crippen molar-refractivity contribution in [2.75, 3.05) is 6.54 Å². The highest BCUT2D eigenvalue weighted by Crippen LogP contribution is 2.29. The molecule has 2 N–H and O–H groups in total. The Morgan fingerprint density at radius 2 is 2.22 bits per heavy atom. The van der Waals surface area contributed by atoms with Crippen molar-refractivity contribution in [1.82, 2.24) is 10.4 Å². The number of hydrogen-bond acceptors (Lipinski definition) is 3. The summed E-state index contributed by atoms with van der Waals surface area (Å²) in [6.07, 6.45) is 5.00. The molecular weight excluding hydrogens is 228 g/mol. The molecule has 96 valence electrons. The third kappa shape index (κ3) is 2.02. The van der Waals surface area contributed by atoms with Crippen molar-refractivity contribution in [2.45, 2.75) is 38.3 Å². The maximum Gasteiger partial charge on any atom is 0.274 e. The fourth-order valence-corrected chi connectivity index (χ4v) is 3.15. The first-order valence-electron chi connectivity index (χ1n) is 6.58. The quantitative estimate of drug-likeness (QED) is 0.586. The van der Waals surface area contributed by atoms with Gasteiger partial charge in [-0.25, -0.2) is 5.48 Å². The van der Waals surface area contributed by atoms with E-state index in [2.05, 4.69) is 4.90 Å². The van der Waals surface area contributed by atoms with Gasteiger partial charge in [0.2, 0.25) is 0 Å². The predicted molar refractivity (Wildman–Crippen MR) is 67.4 cm³/mol. The maximum absolute atomic E-state index is 11.4. The van der Waals surface area contributed by atoms with Crippen LogP contribution in [0.25, 0.3) is 0 Å². The molecule has 0 saturated carbocycles. The van der Waals surface area contributed by atoms with Crippen molar-refractivity contribution < 1.29 is 10.0 Å². The van der Waals surface area contributed by atoms with E-state index < -0.39 is 5.91 Å². The summed E-state index contributed by atoms with van der Waals surface area (Å²) < 4.78 is 0. The number of rotatable bonds is 1. The Kier molecular flexibility index (Phi) is 3.06. The molecule has 1 saturated heterocycles. The molecule has 2 heterocycles. The normalized spacial score (nSPS) is 23.1. The number of benzene rings is 1. The molecule has 0 radical (unpaired) electrons. The zero-order valence-electron chi connectivity index (χ0n) is 10.4. The van der Waals surface area contributed by atoms with E-state index in [9.17, 15) is 4.79 Å². The van der Waals surface area contributed by atoms with Crippen LogP contribution in [0.5, 0.6) is 0 Å². The van der Waals surface area contributed by atoms with E-state index in [0.29, 0.717) is 11.6 Å². The van der Waals surface area contributed by atoms with Gasteiger partial charge in [-0.05, 0) is 49.1 Å². The number of fused-ring (bicyclic) bond motifs is 2. The largest absolute Gasteiger partial charge is 0.296 e.